The maximum atomic E-state index is 4.51. The zero-order valence-electron chi connectivity index (χ0n) is 11.0. The van der Waals surface area contributed by atoms with E-state index in [4.69, 9.17) is 0 Å². The molecule has 4 nitrogen and oxygen atoms in total. The molecule has 0 unspecified atom stereocenters. The van der Waals surface area contributed by atoms with Crippen LogP contribution in [0.1, 0.15) is 36.2 Å². The van der Waals surface area contributed by atoms with Crippen molar-refractivity contribution in [2.75, 3.05) is 11.9 Å². The number of rotatable bonds is 5. The third-order valence-corrected chi connectivity index (χ3v) is 3.41. The highest BCUT2D eigenvalue weighted by atomic mass is 32.1. The lowest BCUT2D eigenvalue weighted by Gasteiger charge is -2.09. The summed E-state index contributed by atoms with van der Waals surface area (Å²) < 4.78 is 0. The molecule has 0 saturated carbocycles. The van der Waals surface area contributed by atoms with Crippen LogP contribution in [0.2, 0.25) is 0 Å². The van der Waals surface area contributed by atoms with Gasteiger partial charge in [-0.2, -0.15) is 0 Å². The Labute approximate surface area is 112 Å². The molecular weight excluding hydrogens is 244 g/mol. The van der Waals surface area contributed by atoms with Crippen LogP contribution in [0.25, 0.3) is 0 Å². The Hall–Kier alpha value is -1.49. The van der Waals surface area contributed by atoms with Crippen LogP contribution in [0.4, 0.5) is 5.95 Å². The summed E-state index contributed by atoms with van der Waals surface area (Å²) in [5.41, 5.74) is 2.09. The van der Waals surface area contributed by atoms with Crippen molar-refractivity contribution in [2.45, 2.75) is 33.1 Å². The van der Waals surface area contributed by atoms with Gasteiger partial charge in [-0.3, -0.25) is 0 Å². The van der Waals surface area contributed by atoms with E-state index in [1.807, 2.05) is 24.6 Å². The van der Waals surface area contributed by atoms with E-state index in [2.05, 4.69) is 34.1 Å². The molecule has 0 atom stereocenters. The molecule has 0 spiro atoms. The number of anilines is 1. The maximum absolute atomic E-state index is 4.51. The van der Waals surface area contributed by atoms with Gasteiger partial charge in [0.1, 0.15) is 0 Å². The van der Waals surface area contributed by atoms with Gasteiger partial charge in [-0.25, -0.2) is 15.0 Å². The fraction of sp³-hybridized carbons (Fsp3) is 0.462. The van der Waals surface area contributed by atoms with Gasteiger partial charge in [0, 0.05) is 35.9 Å². The van der Waals surface area contributed by atoms with Crippen LogP contribution in [0.15, 0.2) is 17.6 Å². The summed E-state index contributed by atoms with van der Waals surface area (Å²) >= 11 is 1.68. The highest BCUT2D eigenvalue weighted by Gasteiger charge is 2.05. The predicted octanol–water partition coefficient (Wildman–Crippen LogP) is 3.02. The van der Waals surface area contributed by atoms with E-state index >= 15 is 0 Å². The maximum Gasteiger partial charge on any atom is 0.223 e. The first kappa shape index (κ1) is 13.0. The molecule has 0 aromatic carbocycles. The zero-order valence-corrected chi connectivity index (χ0v) is 11.8. The minimum absolute atomic E-state index is 0.422. The van der Waals surface area contributed by atoms with Gasteiger partial charge in [0.05, 0.1) is 5.01 Å². The molecule has 0 saturated heterocycles. The van der Waals surface area contributed by atoms with Crippen LogP contribution in [-0.2, 0) is 6.42 Å². The fourth-order valence-electron chi connectivity index (χ4n) is 1.63. The van der Waals surface area contributed by atoms with Gasteiger partial charge in [-0.05, 0) is 18.9 Å². The first-order chi connectivity index (χ1) is 8.65. The fourth-order valence-corrected chi connectivity index (χ4v) is 2.25. The highest BCUT2D eigenvalue weighted by Crippen LogP contribution is 2.14. The van der Waals surface area contributed by atoms with Gasteiger partial charge < -0.3 is 5.32 Å². The summed E-state index contributed by atoms with van der Waals surface area (Å²) in [6.45, 7) is 7.09. The second kappa shape index (κ2) is 5.91. The van der Waals surface area contributed by atoms with Gasteiger partial charge in [0.2, 0.25) is 5.95 Å². The SMILES string of the molecule is Cc1cc(C(C)C)nc(NCCc2nccs2)n1. The molecule has 96 valence electrons. The van der Waals surface area contributed by atoms with E-state index in [0.29, 0.717) is 5.92 Å². The minimum Gasteiger partial charge on any atom is -0.354 e. The molecule has 0 aliphatic carbocycles. The topological polar surface area (TPSA) is 50.7 Å². The van der Waals surface area contributed by atoms with Crippen LogP contribution in [0.5, 0.6) is 0 Å². The van der Waals surface area contributed by atoms with Gasteiger partial charge in [0.15, 0.2) is 0 Å². The number of thiazole rings is 1. The normalized spacial score (nSPS) is 10.9. The summed E-state index contributed by atoms with van der Waals surface area (Å²) in [6.07, 6.45) is 2.74. The molecule has 1 N–H and O–H groups in total. The van der Waals surface area contributed by atoms with E-state index in [-0.39, 0.29) is 0 Å². The van der Waals surface area contributed by atoms with Crippen molar-refractivity contribution in [1.29, 1.82) is 0 Å². The third kappa shape index (κ3) is 3.50. The van der Waals surface area contributed by atoms with Crippen molar-refractivity contribution >= 4 is 17.3 Å². The van der Waals surface area contributed by atoms with E-state index in [9.17, 15) is 0 Å². The standard InChI is InChI=1S/C13H18N4S/c1-9(2)11-8-10(3)16-13(17-11)15-5-4-12-14-6-7-18-12/h6-9H,4-5H2,1-3H3,(H,15,16,17). The molecule has 0 aliphatic rings. The van der Waals surface area contributed by atoms with Gasteiger partial charge >= 0.3 is 0 Å². The molecule has 2 aromatic rings. The number of hydrogen-bond acceptors (Lipinski definition) is 5. The largest absolute Gasteiger partial charge is 0.354 e. The Morgan fingerprint density at radius 3 is 2.83 bits per heavy atom. The summed E-state index contributed by atoms with van der Waals surface area (Å²) in [6, 6.07) is 2.04. The lowest BCUT2D eigenvalue weighted by Crippen LogP contribution is -2.10. The van der Waals surface area contributed by atoms with Crippen LogP contribution in [0.3, 0.4) is 0 Å². The van der Waals surface area contributed by atoms with Crippen molar-refractivity contribution in [3.05, 3.63) is 34.0 Å². The number of nitrogens with zero attached hydrogens (tertiary/aromatic N) is 3. The molecule has 0 fully saturated rings. The van der Waals surface area contributed by atoms with Crippen molar-refractivity contribution < 1.29 is 0 Å². The van der Waals surface area contributed by atoms with Gasteiger partial charge in [0.25, 0.3) is 0 Å². The second-order valence-electron chi connectivity index (χ2n) is 4.52. The first-order valence-electron chi connectivity index (χ1n) is 6.13. The Morgan fingerprint density at radius 1 is 1.33 bits per heavy atom. The predicted molar refractivity (Wildman–Crippen MR) is 75.2 cm³/mol. The van der Waals surface area contributed by atoms with E-state index in [0.717, 1.165) is 35.3 Å². The summed E-state index contributed by atoms with van der Waals surface area (Å²) in [5.74, 6) is 1.14. The third-order valence-electron chi connectivity index (χ3n) is 2.57. The molecule has 2 rings (SSSR count). The summed E-state index contributed by atoms with van der Waals surface area (Å²) in [7, 11) is 0. The Morgan fingerprint density at radius 2 is 2.17 bits per heavy atom. The molecule has 5 heteroatoms. The summed E-state index contributed by atoms with van der Waals surface area (Å²) in [4.78, 5) is 13.2. The van der Waals surface area contributed by atoms with Crippen molar-refractivity contribution in [2.24, 2.45) is 0 Å². The molecule has 0 bridgehead atoms. The highest BCUT2D eigenvalue weighted by molar-refractivity contribution is 7.09. The Balaban J connectivity index is 1.96. The molecule has 0 radical (unpaired) electrons. The monoisotopic (exact) mass is 262 g/mol. The average Bonchev–Trinajstić information content (AvgIpc) is 2.81. The molecular formula is C13H18N4S. The second-order valence-corrected chi connectivity index (χ2v) is 5.49. The van der Waals surface area contributed by atoms with Crippen molar-refractivity contribution in [3.8, 4) is 0 Å². The minimum atomic E-state index is 0.422. The molecule has 2 aromatic heterocycles. The number of hydrogen-bond donors (Lipinski definition) is 1. The Bertz CT molecular complexity index is 494. The smallest absolute Gasteiger partial charge is 0.223 e. The lowest BCUT2D eigenvalue weighted by atomic mass is 10.1. The van der Waals surface area contributed by atoms with Gasteiger partial charge in [-0.15, -0.1) is 11.3 Å². The van der Waals surface area contributed by atoms with Crippen LogP contribution >= 0.6 is 11.3 Å². The molecule has 0 aliphatic heterocycles. The van der Waals surface area contributed by atoms with E-state index < -0.39 is 0 Å². The van der Waals surface area contributed by atoms with Crippen molar-refractivity contribution in [3.63, 3.8) is 0 Å². The first-order valence-corrected chi connectivity index (χ1v) is 7.01. The Kier molecular flexibility index (Phi) is 4.25. The molecule has 18 heavy (non-hydrogen) atoms. The number of aromatic nitrogens is 3. The van der Waals surface area contributed by atoms with E-state index in [1.165, 1.54) is 0 Å². The van der Waals surface area contributed by atoms with Crippen LogP contribution in [0, 0.1) is 6.92 Å². The quantitative estimate of drug-likeness (QED) is 0.900. The van der Waals surface area contributed by atoms with Crippen LogP contribution in [-0.4, -0.2) is 21.5 Å². The molecule has 0 amide bonds. The number of aryl methyl sites for hydroxylation is 1. The van der Waals surface area contributed by atoms with E-state index in [1.54, 1.807) is 11.3 Å². The number of nitrogens with one attached hydrogen (secondary N) is 1. The molecule has 2 heterocycles. The van der Waals surface area contributed by atoms with Crippen molar-refractivity contribution in [1.82, 2.24) is 15.0 Å². The summed E-state index contributed by atoms with van der Waals surface area (Å²) in [5, 5.41) is 6.40. The average molecular weight is 262 g/mol. The zero-order chi connectivity index (χ0) is 13.0. The van der Waals surface area contributed by atoms with Crippen LogP contribution < -0.4 is 5.32 Å². The lowest BCUT2D eigenvalue weighted by molar-refractivity contribution is 0.807. The van der Waals surface area contributed by atoms with Gasteiger partial charge in [-0.1, -0.05) is 13.8 Å².